The maximum absolute atomic E-state index is 11.7. The molecule has 0 heterocycles. The zero-order valence-corrected chi connectivity index (χ0v) is 9.07. The molecule has 1 saturated carbocycles. The molecule has 0 aliphatic heterocycles. The van der Waals surface area contributed by atoms with Crippen LogP contribution in [0.5, 0.6) is 0 Å². The van der Waals surface area contributed by atoms with Crippen molar-refractivity contribution < 1.29 is 4.79 Å². The van der Waals surface area contributed by atoms with E-state index in [0.29, 0.717) is 11.7 Å². The number of Topliss-reactive ketones (excluding diaryl/α,β-unsaturated/α-hetero) is 1. The Bertz CT molecular complexity index is 376. The minimum absolute atomic E-state index is 0.331. The van der Waals surface area contributed by atoms with Gasteiger partial charge in [-0.15, -0.1) is 0 Å². The Morgan fingerprint density at radius 2 is 2.00 bits per heavy atom. The summed E-state index contributed by atoms with van der Waals surface area (Å²) in [5, 5.41) is 0. The molecule has 1 atom stereocenters. The molecule has 1 fully saturated rings. The monoisotopic (exact) mass is 200 g/mol. The van der Waals surface area contributed by atoms with Gasteiger partial charge in [0.25, 0.3) is 0 Å². The summed E-state index contributed by atoms with van der Waals surface area (Å²) in [5.41, 5.74) is 2.13. The predicted octanol–water partition coefficient (Wildman–Crippen LogP) is 3.46. The number of hydrogen-bond donors (Lipinski definition) is 0. The normalized spacial score (nSPS) is 24.5. The molecule has 1 aliphatic carbocycles. The molecule has 1 aromatic rings. The molecule has 78 valence electrons. The first-order valence-corrected chi connectivity index (χ1v) is 5.54. The molecule has 0 bridgehead atoms. The van der Waals surface area contributed by atoms with Crippen LogP contribution in [0.15, 0.2) is 35.9 Å². The van der Waals surface area contributed by atoms with Crippen molar-refractivity contribution in [2.45, 2.75) is 26.2 Å². The van der Waals surface area contributed by atoms with Crippen molar-refractivity contribution in [3.8, 4) is 0 Å². The molecule has 1 aliphatic rings. The van der Waals surface area contributed by atoms with Crippen molar-refractivity contribution in [2.24, 2.45) is 5.92 Å². The third-order valence-electron chi connectivity index (χ3n) is 2.93. The fourth-order valence-electron chi connectivity index (χ4n) is 2.02. The summed E-state index contributed by atoms with van der Waals surface area (Å²) >= 11 is 0. The van der Waals surface area contributed by atoms with Crippen molar-refractivity contribution >= 4 is 11.9 Å². The van der Waals surface area contributed by atoms with Gasteiger partial charge in [-0.05, 0) is 36.0 Å². The van der Waals surface area contributed by atoms with Crippen molar-refractivity contribution in [2.75, 3.05) is 0 Å². The fourth-order valence-corrected chi connectivity index (χ4v) is 2.02. The van der Waals surface area contributed by atoms with Crippen LogP contribution in [-0.2, 0) is 4.79 Å². The summed E-state index contributed by atoms with van der Waals surface area (Å²) in [7, 11) is 0. The van der Waals surface area contributed by atoms with Crippen LogP contribution < -0.4 is 0 Å². The molecular formula is C14H16O. The van der Waals surface area contributed by atoms with E-state index in [9.17, 15) is 4.79 Å². The average molecular weight is 200 g/mol. The van der Waals surface area contributed by atoms with Crippen molar-refractivity contribution in [3.63, 3.8) is 0 Å². The summed E-state index contributed by atoms with van der Waals surface area (Å²) in [4.78, 5) is 11.7. The van der Waals surface area contributed by atoms with Gasteiger partial charge in [0.15, 0.2) is 5.78 Å². The molecule has 0 spiro atoms. The molecule has 0 radical (unpaired) electrons. The number of allylic oxidation sites excluding steroid dienone is 1. The van der Waals surface area contributed by atoms with Crippen LogP contribution in [0.1, 0.15) is 31.7 Å². The Morgan fingerprint density at radius 3 is 2.73 bits per heavy atom. The van der Waals surface area contributed by atoms with Crippen LogP contribution in [-0.4, -0.2) is 5.78 Å². The molecule has 0 amide bonds. The van der Waals surface area contributed by atoms with Gasteiger partial charge in [-0.1, -0.05) is 37.3 Å². The van der Waals surface area contributed by atoms with Gasteiger partial charge in [0, 0.05) is 6.42 Å². The highest BCUT2D eigenvalue weighted by molar-refractivity contribution is 6.00. The van der Waals surface area contributed by atoms with E-state index in [0.717, 1.165) is 30.4 Å². The van der Waals surface area contributed by atoms with Gasteiger partial charge < -0.3 is 0 Å². The van der Waals surface area contributed by atoms with E-state index in [1.54, 1.807) is 0 Å². The van der Waals surface area contributed by atoms with Gasteiger partial charge in [-0.25, -0.2) is 0 Å². The molecule has 1 heteroatoms. The minimum atomic E-state index is 0.331. The number of carbonyl (C=O) groups is 1. The first kappa shape index (κ1) is 10.2. The Kier molecular flexibility index (Phi) is 3.00. The van der Waals surface area contributed by atoms with Crippen LogP contribution in [0.3, 0.4) is 0 Å². The van der Waals surface area contributed by atoms with Gasteiger partial charge in [-0.3, -0.25) is 4.79 Å². The first-order valence-electron chi connectivity index (χ1n) is 5.54. The Balaban J connectivity index is 2.22. The van der Waals surface area contributed by atoms with Crippen LogP contribution in [0.4, 0.5) is 0 Å². The summed E-state index contributed by atoms with van der Waals surface area (Å²) in [5.74, 6) is 0.981. The molecule has 2 rings (SSSR count). The first-order chi connectivity index (χ1) is 7.25. The van der Waals surface area contributed by atoms with Crippen LogP contribution in [0, 0.1) is 5.92 Å². The lowest BCUT2D eigenvalue weighted by Gasteiger charge is -2.19. The standard InChI is InChI=1S/C14H16O/c1-11-7-8-14(15)13(9-11)10-12-5-3-2-4-6-12/h2-6,10-11H,7-9H2,1H3/b13-10+. The maximum atomic E-state index is 11.7. The van der Waals surface area contributed by atoms with Gasteiger partial charge in [0.2, 0.25) is 0 Å². The second-order valence-corrected chi connectivity index (χ2v) is 4.35. The van der Waals surface area contributed by atoms with E-state index in [1.807, 2.05) is 36.4 Å². The van der Waals surface area contributed by atoms with Gasteiger partial charge >= 0.3 is 0 Å². The van der Waals surface area contributed by atoms with Crippen LogP contribution in [0.25, 0.3) is 6.08 Å². The molecule has 1 nitrogen and oxygen atoms in total. The number of benzene rings is 1. The smallest absolute Gasteiger partial charge is 0.158 e. The summed E-state index contributed by atoms with van der Waals surface area (Å²) < 4.78 is 0. The van der Waals surface area contributed by atoms with Crippen molar-refractivity contribution in [1.82, 2.24) is 0 Å². The lowest BCUT2D eigenvalue weighted by atomic mass is 9.85. The van der Waals surface area contributed by atoms with E-state index in [-0.39, 0.29) is 0 Å². The molecule has 0 N–H and O–H groups in total. The third-order valence-corrected chi connectivity index (χ3v) is 2.93. The zero-order chi connectivity index (χ0) is 10.7. The number of rotatable bonds is 1. The Morgan fingerprint density at radius 1 is 1.27 bits per heavy atom. The second kappa shape index (κ2) is 4.43. The van der Waals surface area contributed by atoms with E-state index in [4.69, 9.17) is 0 Å². The van der Waals surface area contributed by atoms with Crippen molar-refractivity contribution in [1.29, 1.82) is 0 Å². The lowest BCUT2D eigenvalue weighted by Crippen LogP contribution is -2.14. The van der Waals surface area contributed by atoms with E-state index in [2.05, 4.69) is 6.92 Å². The predicted molar refractivity (Wildman–Crippen MR) is 62.4 cm³/mol. The zero-order valence-electron chi connectivity index (χ0n) is 9.07. The molecule has 15 heavy (non-hydrogen) atoms. The number of carbonyl (C=O) groups excluding carboxylic acids is 1. The van der Waals surface area contributed by atoms with Crippen molar-refractivity contribution in [3.05, 3.63) is 41.5 Å². The van der Waals surface area contributed by atoms with Gasteiger partial charge in [0.05, 0.1) is 0 Å². The lowest BCUT2D eigenvalue weighted by molar-refractivity contribution is -0.116. The topological polar surface area (TPSA) is 17.1 Å². The third kappa shape index (κ3) is 2.56. The maximum Gasteiger partial charge on any atom is 0.158 e. The molecule has 1 aromatic carbocycles. The highest BCUT2D eigenvalue weighted by Crippen LogP contribution is 2.26. The molecular weight excluding hydrogens is 184 g/mol. The van der Waals surface area contributed by atoms with Gasteiger partial charge in [0.1, 0.15) is 0 Å². The van der Waals surface area contributed by atoms with E-state index < -0.39 is 0 Å². The summed E-state index contributed by atoms with van der Waals surface area (Å²) in [6.07, 6.45) is 4.75. The number of ketones is 1. The van der Waals surface area contributed by atoms with E-state index in [1.165, 1.54) is 0 Å². The van der Waals surface area contributed by atoms with Crippen LogP contribution >= 0.6 is 0 Å². The number of hydrogen-bond acceptors (Lipinski definition) is 1. The largest absolute Gasteiger partial charge is 0.295 e. The minimum Gasteiger partial charge on any atom is -0.295 e. The van der Waals surface area contributed by atoms with Crippen LogP contribution in [0.2, 0.25) is 0 Å². The Labute approximate surface area is 90.8 Å². The molecule has 1 unspecified atom stereocenters. The summed E-state index contributed by atoms with van der Waals surface area (Å²) in [6, 6.07) is 10.1. The SMILES string of the molecule is CC1CCC(=O)/C(=C/c2ccccc2)C1. The van der Waals surface area contributed by atoms with E-state index >= 15 is 0 Å². The molecule has 0 saturated heterocycles. The Hall–Kier alpha value is -1.37. The van der Waals surface area contributed by atoms with Gasteiger partial charge in [-0.2, -0.15) is 0 Å². The average Bonchev–Trinajstić information content (AvgIpc) is 2.25. The second-order valence-electron chi connectivity index (χ2n) is 4.35. The fraction of sp³-hybridized carbons (Fsp3) is 0.357. The highest BCUT2D eigenvalue weighted by Gasteiger charge is 2.19. The highest BCUT2D eigenvalue weighted by atomic mass is 16.1. The summed E-state index contributed by atoms with van der Waals surface area (Å²) in [6.45, 7) is 2.21. The molecule has 0 aromatic heterocycles. The quantitative estimate of drug-likeness (QED) is 0.634.